The molecule has 112 valence electrons. The molecule has 1 heterocycles. The van der Waals surface area contributed by atoms with Gasteiger partial charge in [-0.3, -0.25) is 0 Å². The molecule has 1 aliphatic rings. The Morgan fingerprint density at radius 2 is 1.90 bits per heavy atom. The summed E-state index contributed by atoms with van der Waals surface area (Å²) >= 11 is 3.16. The van der Waals surface area contributed by atoms with Gasteiger partial charge in [0.15, 0.2) is 5.82 Å². The lowest BCUT2D eigenvalue weighted by atomic mass is 9.91. The Kier molecular flexibility index (Phi) is 4.08. The van der Waals surface area contributed by atoms with Crippen molar-refractivity contribution in [1.82, 2.24) is 10.1 Å². The smallest absolute Gasteiger partial charge is 0.258 e. The second-order valence-corrected chi connectivity index (χ2v) is 6.48. The maximum atomic E-state index is 13.3. The molecule has 0 bridgehead atoms. The molecule has 4 nitrogen and oxygen atoms in total. The van der Waals surface area contributed by atoms with Crippen LogP contribution in [0.25, 0.3) is 11.5 Å². The highest BCUT2D eigenvalue weighted by molar-refractivity contribution is 9.10. The Morgan fingerprint density at radius 3 is 2.57 bits per heavy atom. The van der Waals surface area contributed by atoms with Gasteiger partial charge in [0, 0.05) is 5.56 Å². The molecule has 0 aliphatic heterocycles. The van der Waals surface area contributed by atoms with E-state index in [0.717, 1.165) is 25.7 Å². The van der Waals surface area contributed by atoms with Gasteiger partial charge < -0.3 is 10.3 Å². The van der Waals surface area contributed by atoms with Crippen molar-refractivity contribution in [2.45, 2.75) is 44.1 Å². The zero-order valence-electron chi connectivity index (χ0n) is 11.6. The molecule has 6 heteroatoms. The highest BCUT2D eigenvalue weighted by Gasteiger charge is 2.33. The first-order chi connectivity index (χ1) is 10.1. The third-order valence-corrected chi connectivity index (χ3v) is 4.64. The summed E-state index contributed by atoms with van der Waals surface area (Å²) in [7, 11) is 0. The van der Waals surface area contributed by atoms with E-state index in [9.17, 15) is 4.39 Å². The van der Waals surface area contributed by atoms with Gasteiger partial charge in [-0.1, -0.05) is 30.8 Å². The van der Waals surface area contributed by atoms with Gasteiger partial charge in [0.05, 0.1) is 10.0 Å². The third kappa shape index (κ3) is 3.01. The predicted molar refractivity (Wildman–Crippen MR) is 81.0 cm³/mol. The summed E-state index contributed by atoms with van der Waals surface area (Å²) in [5.41, 5.74) is 6.65. The lowest BCUT2D eigenvalue weighted by Gasteiger charge is -2.23. The van der Waals surface area contributed by atoms with E-state index in [2.05, 4.69) is 26.1 Å². The molecule has 1 fully saturated rings. The van der Waals surface area contributed by atoms with Crippen LogP contribution in [0.3, 0.4) is 0 Å². The number of hydrogen-bond acceptors (Lipinski definition) is 4. The molecule has 2 aromatic rings. The van der Waals surface area contributed by atoms with E-state index in [1.54, 1.807) is 12.1 Å². The van der Waals surface area contributed by atoms with Crippen LogP contribution in [0.1, 0.15) is 44.3 Å². The van der Waals surface area contributed by atoms with Gasteiger partial charge in [-0.2, -0.15) is 4.98 Å². The van der Waals surface area contributed by atoms with Gasteiger partial charge in [0.2, 0.25) is 0 Å². The van der Waals surface area contributed by atoms with Crippen molar-refractivity contribution in [3.8, 4) is 11.5 Å². The Labute approximate surface area is 131 Å². The average Bonchev–Trinajstić information content (AvgIpc) is 2.86. The molecule has 21 heavy (non-hydrogen) atoms. The van der Waals surface area contributed by atoms with Crippen molar-refractivity contribution in [3.63, 3.8) is 0 Å². The van der Waals surface area contributed by atoms with Crippen LogP contribution < -0.4 is 5.73 Å². The Bertz CT molecular complexity index is 636. The van der Waals surface area contributed by atoms with Crippen molar-refractivity contribution < 1.29 is 8.91 Å². The Morgan fingerprint density at radius 1 is 1.19 bits per heavy atom. The molecule has 1 aromatic heterocycles. The molecule has 0 spiro atoms. The predicted octanol–water partition coefficient (Wildman–Crippen LogP) is 4.15. The fourth-order valence-electron chi connectivity index (χ4n) is 2.76. The van der Waals surface area contributed by atoms with Crippen LogP contribution in [0.4, 0.5) is 4.39 Å². The molecular formula is C15H17BrFN3O. The first kappa shape index (κ1) is 14.7. The third-order valence-electron chi connectivity index (χ3n) is 4.03. The fourth-order valence-corrected chi connectivity index (χ4v) is 3.13. The van der Waals surface area contributed by atoms with Crippen molar-refractivity contribution in [1.29, 1.82) is 0 Å². The van der Waals surface area contributed by atoms with E-state index in [1.807, 2.05) is 0 Å². The minimum absolute atomic E-state index is 0.322. The van der Waals surface area contributed by atoms with Crippen molar-refractivity contribution in [2.75, 3.05) is 0 Å². The zero-order valence-corrected chi connectivity index (χ0v) is 13.2. The van der Waals surface area contributed by atoms with Crippen LogP contribution in [-0.2, 0) is 5.54 Å². The summed E-state index contributed by atoms with van der Waals surface area (Å²) in [5, 5.41) is 4.06. The van der Waals surface area contributed by atoms with Gasteiger partial charge >= 0.3 is 0 Å². The quantitative estimate of drug-likeness (QED) is 0.823. The number of nitrogens with zero attached hydrogens (tertiary/aromatic N) is 2. The highest BCUT2D eigenvalue weighted by atomic mass is 79.9. The van der Waals surface area contributed by atoms with Gasteiger partial charge in [0.1, 0.15) is 5.82 Å². The topological polar surface area (TPSA) is 64.9 Å². The lowest BCUT2D eigenvalue weighted by Crippen LogP contribution is -2.37. The molecule has 2 N–H and O–H groups in total. The average molecular weight is 354 g/mol. The van der Waals surface area contributed by atoms with Crippen LogP contribution in [0.2, 0.25) is 0 Å². The molecule has 0 amide bonds. The maximum Gasteiger partial charge on any atom is 0.258 e. The zero-order chi connectivity index (χ0) is 14.9. The number of hydrogen-bond donors (Lipinski definition) is 1. The Hall–Kier alpha value is -1.27. The van der Waals surface area contributed by atoms with Gasteiger partial charge in [-0.05, 0) is 47.0 Å². The second kappa shape index (κ2) is 5.85. The lowest BCUT2D eigenvalue weighted by molar-refractivity contribution is 0.334. The molecular weight excluding hydrogens is 337 g/mol. The molecule has 3 rings (SSSR count). The minimum Gasteiger partial charge on any atom is -0.334 e. The summed E-state index contributed by atoms with van der Waals surface area (Å²) in [6.07, 6.45) is 6.33. The minimum atomic E-state index is -0.504. The van der Waals surface area contributed by atoms with E-state index in [1.165, 1.54) is 18.9 Å². The van der Waals surface area contributed by atoms with E-state index >= 15 is 0 Å². The van der Waals surface area contributed by atoms with Crippen LogP contribution in [0.15, 0.2) is 27.2 Å². The van der Waals surface area contributed by atoms with Crippen molar-refractivity contribution in [3.05, 3.63) is 34.3 Å². The van der Waals surface area contributed by atoms with Crippen LogP contribution >= 0.6 is 15.9 Å². The first-order valence-electron chi connectivity index (χ1n) is 7.17. The summed E-state index contributed by atoms with van der Waals surface area (Å²) in [4.78, 5) is 4.44. The number of nitrogens with two attached hydrogens (primary N) is 1. The number of benzene rings is 1. The summed E-state index contributed by atoms with van der Waals surface area (Å²) in [5.74, 6) is 0.608. The molecule has 0 unspecified atom stereocenters. The van der Waals surface area contributed by atoms with E-state index in [-0.39, 0.29) is 5.82 Å². The van der Waals surface area contributed by atoms with Crippen LogP contribution in [-0.4, -0.2) is 10.1 Å². The van der Waals surface area contributed by atoms with E-state index in [4.69, 9.17) is 10.3 Å². The molecule has 1 aromatic carbocycles. The van der Waals surface area contributed by atoms with Crippen molar-refractivity contribution in [2.24, 2.45) is 5.73 Å². The molecule has 0 atom stereocenters. The summed E-state index contributed by atoms with van der Waals surface area (Å²) in [6, 6.07) is 4.61. The Balaban J connectivity index is 1.90. The van der Waals surface area contributed by atoms with E-state index in [0.29, 0.717) is 21.8 Å². The standard InChI is InChI=1S/C15H17BrFN3O/c16-11-9-10(5-6-12(11)17)13-19-14(20-21-13)15(18)7-3-1-2-4-8-15/h5-6,9H,1-4,7-8,18H2. The molecule has 0 radical (unpaired) electrons. The van der Waals surface area contributed by atoms with Crippen LogP contribution in [0.5, 0.6) is 0 Å². The largest absolute Gasteiger partial charge is 0.334 e. The number of rotatable bonds is 2. The normalized spacial score (nSPS) is 18.4. The molecule has 1 saturated carbocycles. The molecule has 0 saturated heterocycles. The summed E-state index contributed by atoms with van der Waals surface area (Å²) < 4.78 is 19.0. The summed E-state index contributed by atoms with van der Waals surface area (Å²) in [6.45, 7) is 0. The van der Waals surface area contributed by atoms with Crippen LogP contribution in [0, 0.1) is 5.82 Å². The maximum absolute atomic E-state index is 13.3. The molecule has 1 aliphatic carbocycles. The first-order valence-corrected chi connectivity index (χ1v) is 7.96. The highest BCUT2D eigenvalue weighted by Crippen LogP contribution is 2.33. The monoisotopic (exact) mass is 353 g/mol. The van der Waals surface area contributed by atoms with Gasteiger partial charge in [-0.15, -0.1) is 0 Å². The van der Waals surface area contributed by atoms with E-state index < -0.39 is 5.54 Å². The number of aromatic nitrogens is 2. The second-order valence-electron chi connectivity index (χ2n) is 5.62. The number of halogens is 2. The van der Waals surface area contributed by atoms with Gasteiger partial charge in [-0.25, -0.2) is 4.39 Å². The fraction of sp³-hybridized carbons (Fsp3) is 0.467. The van der Waals surface area contributed by atoms with Gasteiger partial charge in [0.25, 0.3) is 5.89 Å². The van der Waals surface area contributed by atoms with Crippen molar-refractivity contribution >= 4 is 15.9 Å². The SMILES string of the molecule is NC1(c2noc(-c3ccc(F)c(Br)c3)n2)CCCCCC1.